The molecule has 0 bridgehead atoms. The third kappa shape index (κ3) is 2.46. The molecule has 1 aromatic rings. The van der Waals surface area contributed by atoms with Crippen LogP contribution in [0.5, 0.6) is 0 Å². The number of alkyl halides is 1. The Morgan fingerprint density at radius 1 is 1.31 bits per heavy atom. The standard InChI is InChI=1S/C13H17Cl2N/c1-16(11-4-2-3-5-11)12-7-6-10(9-14)13(15)8-12/h6-8,11H,2-5,9H2,1H3. The Kier molecular flexibility index (Phi) is 3.99. The zero-order valence-corrected chi connectivity index (χ0v) is 11.1. The van der Waals surface area contributed by atoms with Crippen LogP contribution in [0.3, 0.4) is 0 Å². The third-order valence-electron chi connectivity index (χ3n) is 3.46. The van der Waals surface area contributed by atoms with Gasteiger partial charge in [0.15, 0.2) is 0 Å². The predicted octanol–water partition coefficient (Wildman–Crippen LogP) is 4.46. The van der Waals surface area contributed by atoms with E-state index in [0.717, 1.165) is 10.6 Å². The van der Waals surface area contributed by atoms with Crippen LogP contribution in [0.2, 0.25) is 5.02 Å². The van der Waals surface area contributed by atoms with Crippen LogP contribution in [-0.4, -0.2) is 13.1 Å². The number of rotatable bonds is 3. The summed E-state index contributed by atoms with van der Waals surface area (Å²) in [5.74, 6) is 0.478. The summed E-state index contributed by atoms with van der Waals surface area (Å²) in [7, 11) is 2.15. The number of benzene rings is 1. The molecule has 2 rings (SSSR count). The van der Waals surface area contributed by atoms with Gasteiger partial charge in [0.25, 0.3) is 0 Å². The second-order valence-electron chi connectivity index (χ2n) is 4.46. The maximum Gasteiger partial charge on any atom is 0.0488 e. The fourth-order valence-electron chi connectivity index (χ4n) is 2.37. The van der Waals surface area contributed by atoms with E-state index in [-0.39, 0.29) is 0 Å². The molecule has 0 spiro atoms. The molecule has 1 nitrogen and oxygen atoms in total. The van der Waals surface area contributed by atoms with Crippen molar-refractivity contribution in [3.05, 3.63) is 28.8 Å². The fourth-order valence-corrected chi connectivity index (χ4v) is 2.91. The molecule has 1 aliphatic carbocycles. The van der Waals surface area contributed by atoms with E-state index in [1.165, 1.54) is 31.4 Å². The molecule has 0 unspecified atom stereocenters. The lowest BCUT2D eigenvalue weighted by Crippen LogP contribution is -2.28. The minimum atomic E-state index is 0.478. The highest BCUT2D eigenvalue weighted by atomic mass is 35.5. The molecular weight excluding hydrogens is 241 g/mol. The largest absolute Gasteiger partial charge is 0.372 e. The highest BCUT2D eigenvalue weighted by molar-refractivity contribution is 6.32. The molecule has 3 heteroatoms. The van der Waals surface area contributed by atoms with Crippen molar-refractivity contribution in [3.63, 3.8) is 0 Å². The first kappa shape index (κ1) is 12.1. The molecule has 1 fully saturated rings. The van der Waals surface area contributed by atoms with Gasteiger partial charge in [0.2, 0.25) is 0 Å². The van der Waals surface area contributed by atoms with Gasteiger partial charge in [-0.15, -0.1) is 11.6 Å². The molecule has 0 saturated heterocycles. The molecular formula is C13H17Cl2N. The summed E-state index contributed by atoms with van der Waals surface area (Å²) in [6.07, 6.45) is 5.29. The highest BCUT2D eigenvalue weighted by Gasteiger charge is 2.20. The highest BCUT2D eigenvalue weighted by Crippen LogP contribution is 2.30. The van der Waals surface area contributed by atoms with Crippen LogP contribution in [0.15, 0.2) is 18.2 Å². The second-order valence-corrected chi connectivity index (χ2v) is 5.13. The van der Waals surface area contributed by atoms with E-state index >= 15 is 0 Å². The molecule has 0 atom stereocenters. The van der Waals surface area contributed by atoms with E-state index in [1.54, 1.807) is 0 Å². The normalized spacial score (nSPS) is 16.7. The van der Waals surface area contributed by atoms with E-state index < -0.39 is 0 Å². The van der Waals surface area contributed by atoms with Crippen LogP contribution < -0.4 is 4.90 Å². The van der Waals surface area contributed by atoms with Gasteiger partial charge in [0.1, 0.15) is 0 Å². The SMILES string of the molecule is CN(c1ccc(CCl)c(Cl)c1)C1CCCC1. The summed E-state index contributed by atoms with van der Waals surface area (Å²) < 4.78 is 0. The average Bonchev–Trinajstić information content (AvgIpc) is 2.81. The molecule has 0 aliphatic heterocycles. The van der Waals surface area contributed by atoms with Gasteiger partial charge in [-0.05, 0) is 30.5 Å². The second kappa shape index (κ2) is 5.29. The van der Waals surface area contributed by atoms with Crippen LogP contribution in [0.25, 0.3) is 0 Å². The summed E-state index contributed by atoms with van der Waals surface area (Å²) in [5.41, 5.74) is 2.21. The Labute approximate surface area is 107 Å². The Hall–Kier alpha value is -0.400. The van der Waals surface area contributed by atoms with Crippen molar-refractivity contribution in [1.29, 1.82) is 0 Å². The number of anilines is 1. The van der Waals surface area contributed by atoms with Gasteiger partial charge >= 0.3 is 0 Å². The molecule has 1 aromatic carbocycles. The van der Waals surface area contributed by atoms with Crippen molar-refractivity contribution in [3.8, 4) is 0 Å². The Balaban J connectivity index is 2.16. The van der Waals surface area contributed by atoms with Gasteiger partial charge in [0, 0.05) is 29.7 Å². The first-order chi connectivity index (χ1) is 7.72. The Bertz CT molecular complexity index is 359. The van der Waals surface area contributed by atoms with Crippen LogP contribution in [-0.2, 0) is 5.88 Å². The summed E-state index contributed by atoms with van der Waals surface area (Å²) in [5, 5.41) is 0.775. The van der Waals surface area contributed by atoms with Gasteiger partial charge in [-0.3, -0.25) is 0 Å². The van der Waals surface area contributed by atoms with Crippen molar-refractivity contribution < 1.29 is 0 Å². The number of nitrogens with zero attached hydrogens (tertiary/aromatic N) is 1. The maximum atomic E-state index is 6.17. The van der Waals surface area contributed by atoms with E-state index in [2.05, 4.69) is 18.0 Å². The average molecular weight is 258 g/mol. The van der Waals surface area contributed by atoms with Crippen molar-refractivity contribution in [2.45, 2.75) is 37.6 Å². The van der Waals surface area contributed by atoms with Gasteiger partial charge in [-0.2, -0.15) is 0 Å². The van der Waals surface area contributed by atoms with Crippen molar-refractivity contribution >= 4 is 28.9 Å². The molecule has 0 N–H and O–H groups in total. The van der Waals surface area contributed by atoms with Crippen LogP contribution >= 0.6 is 23.2 Å². The summed E-state index contributed by atoms with van der Waals surface area (Å²) in [4.78, 5) is 2.34. The summed E-state index contributed by atoms with van der Waals surface area (Å²) >= 11 is 12.0. The van der Waals surface area contributed by atoms with Gasteiger partial charge in [0.05, 0.1) is 0 Å². The molecule has 0 heterocycles. The minimum Gasteiger partial charge on any atom is -0.372 e. The first-order valence-electron chi connectivity index (χ1n) is 5.79. The molecule has 1 aliphatic rings. The molecule has 0 aromatic heterocycles. The van der Waals surface area contributed by atoms with Crippen LogP contribution in [0, 0.1) is 0 Å². The first-order valence-corrected chi connectivity index (χ1v) is 6.71. The topological polar surface area (TPSA) is 3.24 Å². The van der Waals surface area contributed by atoms with Crippen LogP contribution in [0.1, 0.15) is 31.2 Å². The maximum absolute atomic E-state index is 6.17. The summed E-state index contributed by atoms with van der Waals surface area (Å²) in [6, 6.07) is 6.84. The molecule has 0 radical (unpaired) electrons. The Morgan fingerprint density at radius 2 is 2.00 bits per heavy atom. The van der Waals surface area contributed by atoms with Gasteiger partial charge < -0.3 is 4.90 Å². The van der Waals surface area contributed by atoms with E-state index in [1.807, 2.05) is 12.1 Å². The monoisotopic (exact) mass is 257 g/mol. The van der Waals surface area contributed by atoms with Crippen LogP contribution in [0.4, 0.5) is 5.69 Å². The van der Waals surface area contributed by atoms with Gasteiger partial charge in [-0.1, -0.05) is 30.5 Å². The lowest BCUT2D eigenvalue weighted by atomic mass is 10.1. The Morgan fingerprint density at radius 3 is 2.56 bits per heavy atom. The predicted molar refractivity (Wildman–Crippen MR) is 71.7 cm³/mol. The molecule has 88 valence electrons. The molecule has 16 heavy (non-hydrogen) atoms. The molecule has 0 amide bonds. The number of hydrogen-bond acceptors (Lipinski definition) is 1. The lowest BCUT2D eigenvalue weighted by molar-refractivity contribution is 0.653. The zero-order chi connectivity index (χ0) is 11.5. The third-order valence-corrected chi connectivity index (χ3v) is 4.10. The van der Waals surface area contributed by atoms with Crippen molar-refractivity contribution in [1.82, 2.24) is 0 Å². The van der Waals surface area contributed by atoms with E-state index in [9.17, 15) is 0 Å². The lowest BCUT2D eigenvalue weighted by Gasteiger charge is -2.27. The smallest absolute Gasteiger partial charge is 0.0488 e. The van der Waals surface area contributed by atoms with E-state index in [0.29, 0.717) is 11.9 Å². The number of hydrogen-bond donors (Lipinski definition) is 0. The number of halogens is 2. The molecule has 1 saturated carbocycles. The minimum absolute atomic E-state index is 0.478. The zero-order valence-electron chi connectivity index (χ0n) is 9.55. The quantitative estimate of drug-likeness (QED) is 0.723. The van der Waals surface area contributed by atoms with Crippen molar-refractivity contribution in [2.75, 3.05) is 11.9 Å². The van der Waals surface area contributed by atoms with Crippen molar-refractivity contribution in [2.24, 2.45) is 0 Å². The van der Waals surface area contributed by atoms with E-state index in [4.69, 9.17) is 23.2 Å². The fraction of sp³-hybridized carbons (Fsp3) is 0.538. The summed E-state index contributed by atoms with van der Waals surface area (Å²) in [6.45, 7) is 0. The van der Waals surface area contributed by atoms with Gasteiger partial charge in [-0.25, -0.2) is 0 Å².